The maximum absolute atomic E-state index is 15.9. The van der Waals surface area contributed by atoms with Crippen LogP contribution in [-0.2, 0) is 21.1 Å². The van der Waals surface area contributed by atoms with Gasteiger partial charge in [-0.1, -0.05) is 73.1 Å². The number of ether oxygens (including phenoxy) is 1. The standard InChI is InChI=1S/C28H24ClF2NO4S/c1-2-37(34,35)23-13-11-19(12-14-23)17-25(33)32-28(31)16-15-24(20-7-4-3-5-8-20)26(27(28)30)36-22-10-6-9-21(29)18-22/h3-16,18,24H,2,17H2,1H3,(H,32,33). The lowest BCUT2D eigenvalue weighted by Crippen LogP contribution is -2.46. The molecule has 3 aromatic rings. The van der Waals surface area contributed by atoms with Gasteiger partial charge in [0.1, 0.15) is 5.75 Å². The third kappa shape index (κ3) is 6.09. The van der Waals surface area contributed by atoms with Gasteiger partial charge in [-0.25, -0.2) is 17.2 Å². The molecule has 9 heteroatoms. The number of carbonyl (C=O) groups excluding carboxylic acids is 1. The second kappa shape index (κ2) is 10.9. The van der Waals surface area contributed by atoms with Gasteiger partial charge < -0.3 is 10.1 Å². The molecule has 0 bridgehead atoms. The quantitative estimate of drug-likeness (QED) is 0.276. The van der Waals surface area contributed by atoms with Crippen molar-refractivity contribution >= 4 is 27.3 Å². The Bertz CT molecular complexity index is 1460. The zero-order valence-corrected chi connectivity index (χ0v) is 21.4. The summed E-state index contributed by atoms with van der Waals surface area (Å²) in [5.41, 5.74) is 1.11. The van der Waals surface area contributed by atoms with Gasteiger partial charge in [0, 0.05) is 5.02 Å². The van der Waals surface area contributed by atoms with Crippen LogP contribution in [0, 0.1) is 0 Å². The minimum absolute atomic E-state index is 0.0568. The number of hydrogen-bond donors (Lipinski definition) is 1. The van der Waals surface area contributed by atoms with Crippen molar-refractivity contribution in [2.24, 2.45) is 0 Å². The van der Waals surface area contributed by atoms with Gasteiger partial charge in [-0.3, -0.25) is 4.79 Å². The van der Waals surface area contributed by atoms with Crippen LogP contribution in [0.5, 0.6) is 5.75 Å². The van der Waals surface area contributed by atoms with Gasteiger partial charge in [0.05, 0.1) is 23.0 Å². The highest BCUT2D eigenvalue weighted by molar-refractivity contribution is 7.91. The molecule has 0 saturated carbocycles. The molecule has 0 radical (unpaired) electrons. The fraction of sp³-hybridized carbons (Fsp3) is 0.179. The SMILES string of the molecule is CCS(=O)(=O)c1ccc(CC(=O)NC2(F)C=CC(c3ccccc3)C(Oc3cccc(Cl)c3)=C2F)cc1. The molecule has 1 aliphatic rings. The van der Waals surface area contributed by atoms with Gasteiger partial charge in [-0.2, -0.15) is 0 Å². The van der Waals surface area contributed by atoms with Gasteiger partial charge in [-0.15, -0.1) is 0 Å². The van der Waals surface area contributed by atoms with Crippen LogP contribution in [0.1, 0.15) is 24.0 Å². The molecule has 5 nitrogen and oxygen atoms in total. The van der Waals surface area contributed by atoms with Crippen molar-refractivity contribution < 1.29 is 26.7 Å². The van der Waals surface area contributed by atoms with E-state index in [0.717, 1.165) is 6.08 Å². The first-order valence-electron chi connectivity index (χ1n) is 11.5. The van der Waals surface area contributed by atoms with Gasteiger partial charge in [0.25, 0.3) is 5.79 Å². The van der Waals surface area contributed by atoms with E-state index in [1.807, 2.05) is 0 Å². The lowest BCUT2D eigenvalue weighted by Gasteiger charge is -2.30. The summed E-state index contributed by atoms with van der Waals surface area (Å²) < 4.78 is 61.4. The Balaban J connectivity index is 1.59. The summed E-state index contributed by atoms with van der Waals surface area (Å²) in [6.07, 6.45) is 2.11. The first-order valence-corrected chi connectivity index (χ1v) is 13.5. The maximum Gasteiger partial charge on any atom is 0.257 e. The number of alkyl halides is 1. The Labute approximate surface area is 219 Å². The molecule has 0 aromatic heterocycles. The fourth-order valence-electron chi connectivity index (χ4n) is 3.90. The van der Waals surface area contributed by atoms with Crippen LogP contribution in [0.3, 0.4) is 0 Å². The van der Waals surface area contributed by atoms with Crippen LogP contribution in [0.4, 0.5) is 8.78 Å². The summed E-state index contributed by atoms with van der Waals surface area (Å²) >= 11 is 6.03. The monoisotopic (exact) mass is 543 g/mol. The van der Waals surface area contributed by atoms with Crippen molar-refractivity contribution in [2.45, 2.75) is 30.0 Å². The minimum Gasteiger partial charge on any atom is -0.458 e. The van der Waals surface area contributed by atoms with Crippen LogP contribution in [0.15, 0.2) is 107 Å². The first kappa shape index (κ1) is 26.6. The predicted octanol–water partition coefficient (Wildman–Crippen LogP) is 6.07. The van der Waals surface area contributed by atoms with Crippen LogP contribution in [-0.4, -0.2) is 25.9 Å². The third-order valence-electron chi connectivity index (χ3n) is 5.87. The smallest absolute Gasteiger partial charge is 0.257 e. The summed E-state index contributed by atoms with van der Waals surface area (Å²) in [6, 6.07) is 20.8. The van der Waals surface area contributed by atoms with Crippen LogP contribution >= 0.6 is 11.6 Å². The van der Waals surface area contributed by atoms with E-state index in [-0.39, 0.29) is 28.6 Å². The predicted molar refractivity (Wildman–Crippen MR) is 138 cm³/mol. The van der Waals surface area contributed by atoms with Crippen molar-refractivity contribution in [1.82, 2.24) is 5.32 Å². The number of hydrogen-bond acceptors (Lipinski definition) is 4. The normalized spacial score (nSPS) is 19.5. The molecule has 0 spiro atoms. The Morgan fingerprint density at radius 3 is 2.41 bits per heavy atom. The van der Waals surface area contributed by atoms with E-state index in [1.165, 1.54) is 43.3 Å². The van der Waals surface area contributed by atoms with Crippen LogP contribution < -0.4 is 10.1 Å². The molecule has 2 atom stereocenters. The molecule has 0 aliphatic heterocycles. The van der Waals surface area contributed by atoms with E-state index in [2.05, 4.69) is 5.32 Å². The molecule has 0 fully saturated rings. The molecule has 2 unspecified atom stereocenters. The summed E-state index contributed by atoms with van der Waals surface area (Å²) in [6.45, 7) is 1.53. The Morgan fingerprint density at radius 1 is 1.05 bits per heavy atom. The van der Waals surface area contributed by atoms with Crippen LogP contribution in [0.2, 0.25) is 5.02 Å². The van der Waals surface area contributed by atoms with Crippen LogP contribution in [0.25, 0.3) is 0 Å². The van der Waals surface area contributed by atoms with Crippen molar-refractivity contribution in [3.63, 3.8) is 0 Å². The van der Waals surface area contributed by atoms with E-state index < -0.39 is 33.3 Å². The minimum atomic E-state index is -3.39. The number of carbonyl (C=O) groups is 1. The fourth-order valence-corrected chi connectivity index (χ4v) is 4.97. The number of allylic oxidation sites excluding steroid dienone is 1. The summed E-state index contributed by atoms with van der Waals surface area (Å²) in [7, 11) is -3.39. The second-order valence-electron chi connectivity index (χ2n) is 8.47. The first-order chi connectivity index (χ1) is 17.6. The molecule has 3 aromatic carbocycles. The zero-order valence-electron chi connectivity index (χ0n) is 19.8. The molecular weight excluding hydrogens is 520 g/mol. The Kier molecular flexibility index (Phi) is 7.80. The van der Waals surface area contributed by atoms with Gasteiger partial charge in [0.2, 0.25) is 11.7 Å². The summed E-state index contributed by atoms with van der Waals surface area (Å²) in [5.74, 6) is -5.93. The number of sulfone groups is 1. The van der Waals surface area contributed by atoms with E-state index in [1.54, 1.807) is 48.5 Å². The number of nitrogens with one attached hydrogen (secondary N) is 1. The third-order valence-corrected chi connectivity index (χ3v) is 7.85. The van der Waals surface area contributed by atoms with Crippen molar-refractivity contribution in [3.8, 4) is 5.75 Å². The highest BCUT2D eigenvalue weighted by Crippen LogP contribution is 2.40. The van der Waals surface area contributed by atoms with Gasteiger partial charge >= 0.3 is 0 Å². The largest absolute Gasteiger partial charge is 0.458 e. The molecule has 1 aliphatic carbocycles. The molecule has 4 rings (SSSR count). The molecule has 37 heavy (non-hydrogen) atoms. The number of halogens is 3. The van der Waals surface area contributed by atoms with Crippen molar-refractivity contribution in [2.75, 3.05) is 5.75 Å². The van der Waals surface area contributed by atoms with Gasteiger partial charge in [-0.05, 0) is 47.5 Å². The summed E-state index contributed by atoms with van der Waals surface area (Å²) in [4.78, 5) is 12.8. The average Bonchev–Trinajstić information content (AvgIpc) is 2.88. The number of rotatable bonds is 8. The van der Waals surface area contributed by atoms with Crippen molar-refractivity contribution in [3.05, 3.63) is 119 Å². The number of benzene rings is 3. The highest BCUT2D eigenvalue weighted by Gasteiger charge is 2.43. The van der Waals surface area contributed by atoms with E-state index in [0.29, 0.717) is 16.1 Å². The average molecular weight is 544 g/mol. The Morgan fingerprint density at radius 2 is 1.76 bits per heavy atom. The van der Waals surface area contributed by atoms with E-state index in [9.17, 15) is 13.2 Å². The molecule has 0 saturated heterocycles. The highest BCUT2D eigenvalue weighted by atomic mass is 35.5. The topological polar surface area (TPSA) is 72.5 Å². The zero-order chi connectivity index (χ0) is 26.6. The molecule has 0 heterocycles. The van der Waals surface area contributed by atoms with E-state index in [4.69, 9.17) is 16.3 Å². The summed E-state index contributed by atoms with van der Waals surface area (Å²) in [5, 5.41) is 2.46. The molecule has 1 N–H and O–H groups in total. The lowest BCUT2D eigenvalue weighted by molar-refractivity contribution is -0.123. The van der Waals surface area contributed by atoms with Gasteiger partial charge in [0.15, 0.2) is 15.6 Å². The molecule has 1 amide bonds. The van der Waals surface area contributed by atoms with E-state index >= 15 is 8.78 Å². The second-order valence-corrected chi connectivity index (χ2v) is 11.2. The molecule has 192 valence electrons. The number of amides is 1. The Hall–Kier alpha value is -3.49. The van der Waals surface area contributed by atoms with Crippen molar-refractivity contribution in [1.29, 1.82) is 0 Å². The maximum atomic E-state index is 15.9. The lowest BCUT2D eigenvalue weighted by atomic mass is 9.89. The molecular formula is C28H24ClF2NO4S.